The minimum atomic E-state index is -1.30. The first-order chi connectivity index (χ1) is 4.70. The molecule has 0 radical (unpaired) electrons. The summed E-state index contributed by atoms with van der Waals surface area (Å²) < 4.78 is 0. The topological polar surface area (TPSA) is 73.0 Å². The molecule has 0 aromatic carbocycles. The number of carboxylic acid groups (broad SMARTS) is 1. The second-order valence-electron chi connectivity index (χ2n) is 1.73. The molecule has 1 aromatic rings. The van der Waals surface area contributed by atoms with Crippen molar-refractivity contribution in [3.05, 3.63) is 34.2 Å². The summed E-state index contributed by atoms with van der Waals surface area (Å²) in [7, 11) is 0. The van der Waals surface area contributed by atoms with Crippen molar-refractivity contribution in [2.75, 3.05) is 0 Å². The zero-order valence-corrected chi connectivity index (χ0v) is 4.96. The van der Waals surface area contributed by atoms with E-state index in [-0.39, 0.29) is 11.1 Å². The van der Waals surface area contributed by atoms with E-state index in [2.05, 4.69) is 4.98 Å². The molecule has 0 aliphatic rings. The molecule has 4 nitrogen and oxygen atoms in total. The molecule has 1 heterocycles. The molecule has 0 spiro atoms. The van der Waals surface area contributed by atoms with Crippen molar-refractivity contribution in [3.8, 4) is 0 Å². The van der Waals surface area contributed by atoms with Crippen molar-refractivity contribution in [2.24, 2.45) is 0 Å². The van der Waals surface area contributed by atoms with Crippen LogP contribution < -0.4 is 10.7 Å². The molecule has 0 atom stereocenters. The van der Waals surface area contributed by atoms with Gasteiger partial charge in [-0.2, -0.15) is 0 Å². The smallest absolute Gasteiger partial charge is 0.247 e. The van der Waals surface area contributed by atoms with Gasteiger partial charge in [0.25, 0.3) is 0 Å². The van der Waals surface area contributed by atoms with E-state index in [1.165, 1.54) is 6.07 Å². The Bertz CT molecular complexity index is 282. The molecule has 0 aliphatic carbocycles. The van der Waals surface area contributed by atoms with Gasteiger partial charge in [-0.25, -0.2) is 0 Å². The molecule has 0 aliphatic heterocycles. The average molecular weight is 138 g/mol. The number of pyridine rings is 1. The number of carboxylic acids is 1. The van der Waals surface area contributed by atoms with Crippen LogP contribution in [0.5, 0.6) is 0 Å². The van der Waals surface area contributed by atoms with E-state index in [4.69, 9.17) is 0 Å². The van der Waals surface area contributed by atoms with E-state index >= 15 is 0 Å². The standard InChI is InChI=1S/C6H5NO3/c8-5-2-1-4(3-7-5)6(9)10/h1-3H,(H,7,8)(H,9,10)/p-1. The Morgan fingerprint density at radius 2 is 2.20 bits per heavy atom. The van der Waals surface area contributed by atoms with Gasteiger partial charge in [0, 0.05) is 17.8 Å². The molecule has 0 unspecified atom stereocenters. The highest BCUT2D eigenvalue weighted by atomic mass is 16.4. The van der Waals surface area contributed by atoms with Gasteiger partial charge in [0.1, 0.15) is 0 Å². The Hall–Kier alpha value is -1.58. The summed E-state index contributed by atoms with van der Waals surface area (Å²) in [5, 5.41) is 10.1. The average Bonchev–Trinajstić information content (AvgIpc) is 1.88. The van der Waals surface area contributed by atoms with Crippen molar-refractivity contribution in [1.29, 1.82) is 0 Å². The molecule has 1 rings (SSSR count). The minimum absolute atomic E-state index is 0.0281. The van der Waals surface area contributed by atoms with Crippen LogP contribution in [0.3, 0.4) is 0 Å². The summed E-state index contributed by atoms with van der Waals surface area (Å²) in [6, 6.07) is 2.32. The van der Waals surface area contributed by atoms with Gasteiger partial charge in [0.15, 0.2) is 0 Å². The molecule has 52 valence electrons. The van der Waals surface area contributed by atoms with Crippen molar-refractivity contribution < 1.29 is 9.90 Å². The van der Waals surface area contributed by atoms with E-state index < -0.39 is 5.97 Å². The molecular formula is C6H4NO3-. The number of carbonyl (C=O) groups excluding carboxylic acids is 1. The van der Waals surface area contributed by atoms with Crippen LogP contribution in [0.2, 0.25) is 0 Å². The van der Waals surface area contributed by atoms with Crippen LogP contribution >= 0.6 is 0 Å². The van der Waals surface area contributed by atoms with Gasteiger partial charge in [-0.3, -0.25) is 4.79 Å². The first kappa shape index (κ1) is 6.54. The van der Waals surface area contributed by atoms with E-state index in [0.717, 1.165) is 12.3 Å². The van der Waals surface area contributed by atoms with Gasteiger partial charge in [0.2, 0.25) is 5.56 Å². The fraction of sp³-hybridized carbons (Fsp3) is 0. The highest BCUT2D eigenvalue weighted by molar-refractivity contribution is 5.85. The SMILES string of the molecule is O=C([O-])c1ccc(=O)[nH]c1. The van der Waals surface area contributed by atoms with E-state index in [1.807, 2.05) is 0 Å². The number of H-pyrrole nitrogens is 1. The second kappa shape index (κ2) is 2.34. The van der Waals surface area contributed by atoms with Crippen LogP contribution in [-0.4, -0.2) is 11.0 Å². The van der Waals surface area contributed by atoms with Crippen LogP contribution in [0.15, 0.2) is 23.1 Å². The van der Waals surface area contributed by atoms with Crippen LogP contribution in [0.25, 0.3) is 0 Å². The van der Waals surface area contributed by atoms with Crippen LogP contribution in [-0.2, 0) is 0 Å². The van der Waals surface area contributed by atoms with E-state index in [1.54, 1.807) is 0 Å². The van der Waals surface area contributed by atoms with Gasteiger partial charge in [0.05, 0.1) is 5.97 Å². The molecule has 0 saturated carbocycles. The highest BCUT2D eigenvalue weighted by Crippen LogP contribution is 1.88. The molecule has 1 N–H and O–H groups in total. The summed E-state index contributed by atoms with van der Waals surface area (Å²) in [4.78, 5) is 22.7. The number of aromatic amines is 1. The number of aromatic carboxylic acids is 1. The van der Waals surface area contributed by atoms with Gasteiger partial charge in [-0.15, -0.1) is 0 Å². The molecule has 10 heavy (non-hydrogen) atoms. The normalized spacial score (nSPS) is 9.20. The lowest BCUT2D eigenvalue weighted by Crippen LogP contribution is -2.23. The number of aromatic nitrogens is 1. The lowest BCUT2D eigenvalue weighted by atomic mass is 10.3. The zero-order chi connectivity index (χ0) is 7.56. The number of hydrogen-bond donors (Lipinski definition) is 1. The summed E-state index contributed by atoms with van der Waals surface area (Å²) in [5.74, 6) is -1.30. The molecular weight excluding hydrogens is 134 g/mol. The summed E-state index contributed by atoms with van der Waals surface area (Å²) >= 11 is 0. The highest BCUT2D eigenvalue weighted by Gasteiger charge is 1.89. The molecule has 4 heteroatoms. The maximum Gasteiger partial charge on any atom is 0.247 e. The lowest BCUT2D eigenvalue weighted by molar-refractivity contribution is -0.255. The third kappa shape index (κ3) is 1.22. The van der Waals surface area contributed by atoms with Crippen molar-refractivity contribution in [1.82, 2.24) is 4.98 Å². The Morgan fingerprint density at radius 3 is 2.60 bits per heavy atom. The Morgan fingerprint density at radius 1 is 1.50 bits per heavy atom. The zero-order valence-electron chi connectivity index (χ0n) is 4.96. The third-order valence-corrected chi connectivity index (χ3v) is 1.02. The Kier molecular flexibility index (Phi) is 1.53. The molecule has 0 saturated heterocycles. The van der Waals surface area contributed by atoms with Gasteiger partial charge in [-0.05, 0) is 6.07 Å². The Balaban J connectivity index is 3.12. The number of hydrogen-bond acceptors (Lipinski definition) is 3. The van der Waals surface area contributed by atoms with Gasteiger partial charge in [-0.1, -0.05) is 0 Å². The largest absolute Gasteiger partial charge is 0.545 e. The van der Waals surface area contributed by atoms with E-state index in [0.29, 0.717) is 0 Å². The first-order valence-corrected chi connectivity index (χ1v) is 2.60. The molecule has 0 fully saturated rings. The fourth-order valence-corrected chi connectivity index (χ4v) is 0.538. The van der Waals surface area contributed by atoms with Crippen molar-refractivity contribution >= 4 is 5.97 Å². The number of carbonyl (C=O) groups is 1. The van der Waals surface area contributed by atoms with Crippen molar-refractivity contribution in [2.45, 2.75) is 0 Å². The summed E-state index contributed by atoms with van der Waals surface area (Å²) in [6.45, 7) is 0. The first-order valence-electron chi connectivity index (χ1n) is 2.60. The van der Waals surface area contributed by atoms with Gasteiger partial charge < -0.3 is 14.9 Å². The minimum Gasteiger partial charge on any atom is -0.545 e. The predicted octanol–water partition coefficient (Wildman–Crippen LogP) is -1.26. The quantitative estimate of drug-likeness (QED) is 0.526. The monoisotopic (exact) mass is 138 g/mol. The predicted molar refractivity (Wildman–Crippen MR) is 31.4 cm³/mol. The lowest BCUT2D eigenvalue weighted by Gasteiger charge is -1.97. The third-order valence-electron chi connectivity index (χ3n) is 1.02. The van der Waals surface area contributed by atoms with Crippen molar-refractivity contribution in [3.63, 3.8) is 0 Å². The molecule has 0 amide bonds. The maximum atomic E-state index is 10.4. The molecule has 1 aromatic heterocycles. The number of rotatable bonds is 1. The molecule has 0 bridgehead atoms. The second-order valence-corrected chi connectivity index (χ2v) is 1.73. The van der Waals surface area contributed by atoms with Crippen LogP contribution in [0, 0.1) is 0 Å². The summed E-state index contributed by atoms with van der Waals surface area (Å²) in [6.07, 6.45) is 1.09. The fourth-order valence-electron chi connectivity index (χ4n) is 0.538. The Labute approximate surface area is 56.1 Å². The van der Waals surface area contributed by atoms with E-state index in [9.17, 15) is 14.7 Å². The van der Waals surface area contributed by atoms with Crippen LogP contribution in [0.1, 0.15) is 10.4 Å². The van der Waals surface area contributed by atoms with Crippen LogP contribution in [0.4, 0.5) is 0 Å². The van der Waals surface area contributed by atoms with Gasteiger partial charge >= 0.3 is 0 Å². The maximum absolute atomic E-state index is 10.4. The summed E-state index contributed by atoms with van der Waals surface area (Å²) in [5.41, 5.74) is -0.357. The number of nitrogens with one attached hydrogen (secondary N) is 1.